The summed E-state index contributed by atoms with van der Waals surface area (Å²) in [6.07, 6.45) is -10.3. The van der Waals surface area contributed by atoms with E-state index in [9.17, 15) is 90.2 Å². The van der Waals surface area contributed by atoms with Crippen molar-refractivity contribution in [2.24, 2.45) is 16.7 Å². The Hall–Kier alpha value is -4.16. The third-order valence-corrected chi connectivity index (χ3v) is 8.44. The Morgan fingerprint density at radius 1 is 0.431 bits per heavy atom. The summed E-state index contributed by atoms with van der Waals surface area (Å²) in [7, 11) is 0. The molecule has 0 rings (SSSR count). The molecule has 1 unspecified atom stereocenters. The Labute approximate surface area is 367 Å². The number of alkyl halides is 14. The van der Waals surface area contributed by atoms with E-state index in [2.05, 4.69) is 18.9 Å². The van der Waals surface area contributed by atoms with Crippen molar-refractivity contribution in [2.45, 2.75) is 156 Å². The maximum absolute atomic E-state index is 13.3. The highest BCUT2D eigenvalue weighted by molar-refractivity contribution is 5.79. The summed E-state index contributed by atoms with van der Waals surface area (Å²) in [5.74, 6) is -33.5. The Morgan fingerprint density at radius 2 is 0.692 bits per heavy atom. The summed E-state index contributed by atoms with van der Waals surface area (Å²) < 4.78 is 205. The second-order valence-corrected chi connectivity index (χ2v) is 15.9. The van der Waals surface area contributed by atoms with Gasteiger partial charge < -0.3 is 28.4 Å². The van der Waals surface area contributed by atoms with Gasteiger partial charge in [0.05, 0.1) is 42.4 Å². The quantitative estimate of drug-likeness (QED) is 0.0350. The molecule has 0 amide bonds. The van der Waals surface area contributed by atoms with Crippen LogP contribution in [0.3, 0.4) is 0 Å². The van der Waals surface area contributed by atoms with E-state index in [4.69, 9.17) is 9.47 Å². The minimum atomic E-state index is -4.63. The first-order valence-corrected chi connectivity index (χ1v) is 19.6. The Kier molecular flexibility index (Phi) is 27.5. The zero-order valence-electron chi connectivity index (χ0n) is 37.5. The topological polar surface area (TPSA) is 158 Å². The van der Waals surface area contributed by atoms with Crippen molar-refractivity contribution in [3.63, 3.8) is 0 Å². The lowest BCUT2D eigenvalue weighted by atomic mass is 9.91. The van der Waals surface area contributed by atoms with Gasteiger partial charge in [0.1, 0.15) is 39.6 Å². The Bertz CT molecular complexity index is 1500. The molecule has 0 fully saturated rings. The predicted octanol–water partition coefficient (Wildman–Crippen LogP) is 9.81. The third-order valence-electron chi connectivity index (χ3n) is 8.44. The highest BCUT2D eigenvalue weighted by atomic mass is 19.3. The molecule has 0 spiro atoms. The monoisotopic (exact) mass is 984 g/mol. The summed E-state index contributed by atoms with van der Waals surface area (Å²) in [6, 6.07) is 0. The summed E-state index contributed by atoms with van der Waals surface area (Å²) in [5, 5.41) is 0. The van der Waals surface area contributed by atoms with Crippen molar-refractivity contribution in [3.05, 3.63) is 0 Å². The second-order valence-electron chi connectivity index (χ2n) is 15.9. The summed E-state index contributed by atoms with van der Waals surface area (Å²) in [6.45, 7) is 10.6. The van der Waals surface area contributed by atoms with Crippen molar-refractivity contribution in [1.29, 1.82) is 0 Å². The van der Waals surface area contributed by atoms with Crippen LogP contribution < -0.4 is 0 Å². The van der Waals surface area contributed by atoms with Gasteiger partial charge in [0, 0.05) is 0 Å². The van der Waals surface area contributed by atoms with Crippen molar-refractivity contribution < 1.29 is 119 Å². The van der Waals surface area contributed by atoms with Crippen LogP contribution in [0.1, 0.15) is 114 Å². The minimum Gasteiger partial charge on any atom is -0.462 e. The van der Waals surface area contributed by atoms with E-state index in [1.807, 2.05) is 0 Å². The maximum Gasteiger partial charge on any atom is 0.377 e. The second kappa shape index (κ2) is 27.5. The van der Waals surface area contributed by atoms with E-state index in [0.29, 0.717) is 19.3 Å². The number of esters is 6. The standard InChI is InChI=1S/C14H20F6O4.C13H20F4O4.C12H18F4O4/c1-4-12(2,3)10(21)23-5-6-24-11(22)14(19,20)8-13(17,18)7-9(15)16;1-5-11(2,3)9(18)20-6-7-21-10(19)13(16,17)8-12(4,14)15;1-4-8(2)9(17)19-5-6-20-10(18)12(15,16)7-11(3,13)14/h9H,4-8H2,1-3H3;5-8H2,1-4H3;8H,4-7H2,1-3H3. The van der Waals surface area contributed by atoms with Gasteiger partial charge in [0.25, 0.3) is 17.8 Å². The minimum absolute atomic E-state index is 0.280. The molecule has 0 saturated heterocycles. The van der Waals surface area contributed by atoms with Crippen LogP contribution in [0.2, 0.25) is 0 Å². The summed E-state index contributed by atoms with van der Waals surface area (Å²) >= 11 is 0. The highest BCUT2D eigenvalue weighted by Gasteiger charge is 2.51. The molecule has 0 bridgehead atoms. The number of rotatable bonds is 26. The fourth-order valence-electron chi connectivity index (χ4n) is 3.74. The molecule has 0 aromatic carbocycles. The normalized spacial score (nSPS) is 13.2. The SMILES string of the molecule is CCC(C)(C)C(=O)OCCOC(=O)C(F)(F)CC(C)(F)F.CCC(C)(C)C(=O)OCCOC(=O)C(F)(F)CC(F)(F)CC(F)F.CCC(C)C(=O)OCCOC(=O)C(F)(F)CC(C)(F)F. The van der Waals surface area contributed by atoms with Crippen LogP contribution in [0.25, 0.3) is 0 Å². The van der Waals surface area contributed by atoms with Gasteiger partial charge in [-0.15, -0.1) is 0 Å². The van der Waals surface area contributed by atoms with Gasteiger partial charge in [-0.25, -0.2) is 49.5 Å². The lowest BCUT2D eigenvalue weighted by molar-refractivity contribution is -0.189. The van der Waals surface area contributed by atoms with Crippen LogP contribution in [-0.4, -0.2) is 117 Å². The molecule has 384 valence electrons. The van der Waals surface area contributed by atoms with Crippen LogP contribution in [0, 0.1) is 16.7 Å². The number of halogens is 14. The number of hydrogen-bond donors (Lipinski definition) is 0. The molecule has 0 N–H and O–H groups in total. The molecular weight excluding hydrogens is 926 g/mol. The fourth-order valence-corrected chi connectivity index (χ4v) is 3.74. The van der Waals surface area contributed by atoms with Crippen LogP contribution in [-0.2, 0) is 57.2 Å². The average Bonchev–Trinajstić information content (AvgIpc) is 3.13. The van der Waals surface area contributed by atoms with Gasteiger partial charge >= 0.3 is 53.6 Å². The first-order valence-electron chi connectivity index (χ1n) is 19.6. The third kappa shape index (κ3) is 29.9. The first-order chi connectivity index (χ1) is 29.0. The van der Waals surface area contributed by atoms with E-state index in [-0.39, 0.29) is 19.8 Å². The number of carbonyl (C=O) groups is 6. The number of ether oxygens (including phenoxy) is 6. The highest BCUT2D eigenvalue weighted by Crippen LogP contribution is 2.36. The van der Waals surface area contributed by atoms with Gasteiger partial charge in [-0.05, 0) is 60.8 Å². The lowest BCUT2D eigenvalue weighted by Gasteiger charge is -2.22. The molecule has 26 heteroatoms. The van der Waals surface area contributed by atoms with Gasteiger partial charge in [0.15, 0.2) is 0 Å². The Balaban J connectivity index is -0.000000891. The van der Waals surface area contributed by atoms with E-state index in [1.165, 1.54) is 0 Å². The van der Waals surface area contributed by atoms with E-state index < -0.39 is 154 Å². The molecule has 1 atom stereocenters. The number of carbonyl (C=O) groups excluding carboxylic acids is 6. The molecular formula is C39H58F14O12. The van der Waals surface area contributed by atoms with Gasteiger partial charge in [-0.2, -0.15) is 26.3 Å². The van der Waals surface area contributed by atoms with Crippen molar-refractivity contribution >= 4 is 35.8 Å². The molecule has 65 heavy (non-hydrogen) atoms. The van der Waals surface area contributed by atoms with E-state index >= 15 is 0 Å². The molecule has 0 aromatic heterocycles. The molecule has 0 saturated carbocycles. The van der Waals surface area contributed by atoms with E-state index in [1.54, 1.807) is 55.4 Å². The molecule has 0 heterocycles. The smallest absolute Gasteiger partial charge is 0.377 e. The summed E-state index contributed by atoms with van der Waals surface area (Å²) in [4.78, 5) is 67.3. The first kappa shape index (κ1) is 65.1. The Morgan fingerprint density at radius 3 is 0.938 bits per heavy atom. The predicted molar refractivity (Wildman–Crippen MR) is 199 cm³/mol. The van der Waals surface area contributed by atoms with Crippen LogP contribution in [0.15, 0.2) is 0 Å². The van der Waals surface area contributed by atoms with Crippen molar-refractivity contribution in [3.8, 4) is 0 Å². The molecule has 0 aliphatic carbocycles. The summed E-state index contributed by atoms with van der Waals surface area (Å²) in [5.41, 5.74) is -1.55. The van der Waals surface area contributed by atoms with Gasteiger partial charge in [0.2, 0.25) is 6.43 Å². The molecule has 12 nitrogen and oxygen atoms in total. The van der Waals surface area contributed by atoms with Crippen LogP contribution in [0.5, 0.6) is 0 Å². The average molecular weight is 985 g/mol. The van der Waals surface area contributed by atoms with Gasteiger partial charge in [-0.3, -0.25) is 14.4 Å². The zero-order chi connectivity index (χ0) is 52.1. The molecule has 0 radical (unpaired) electrons. The van der Waals surface area contributed by atoms with Gasteiger partial charge in [-0.1, -0.05) is 27.7 Å². The number of hydrogen-bond acceptors (Lipinski definition) is 12. The maximum atomic E-state index is 13.3. The zero-order valence-corrected chi connectivity index (χ0v) is 37.5. The molecule has 0 aliphatic heterocycles. The van der Waals surface area contributed by atoms with E-state index in [0.717, 1.165) is 0 Å². The van der Waals surface area contributed by atoms with Crippen LogP contribution >= 0.6 is 0 Å². The fraction of sp³-hybridized carbons (Fsp3) is 0.846. The van der Waals surface area contributed by atoms with Crippen molar-refractivity contribution in [2.75, 3.05) is 39.6 Å². The lowest BCUT2D eigenvalue weighted by Crippen LogP contribution is -2.39. The van der Waals surface area contributed by atoms with Crippen molar-refractivity contribution in [1.82, 2.24) is 0 Å². The largest absolute Gasteiger partial charge is 0.462 e. The molecule has 0 aromatic rings. The molecule has 0 aliphatic rings. The van der Waals surface area contributed by atoms with Crippen LogP contribution in [0.4, 0.5) is 61.5 Å².